The zero-order valence-electron chi connectivity index (χ0n) is 14.7. The smallest absolute Gasteiger partial charge is 0.351 e. The Balaban J connectivity index is 0.000000369. The Hall–Kier alpha value is -3.27. The van der Waals surface area contributed by atoms with Crippen molar-refractivity contribution in [3.8, 4) is 11.4 Å². The molecular weight excluding hydrogens is 400 g/mol. The topological polar surface area (TPSA) is 152 Å². The van der Waals surface area contributed by atoms with Crippen LogP contribution in [0.3, 0.4) is 0 Å². The van der Waals surface area contributed by atoms with Gasteiger partial charge in [0.15, 0.2) is 11.0 Å². The lowest BCUT2D eigenvalue weighted by atomic mass is 10.0. The summed E-state index contributed by atoms with van der Waals surface area (Å²) in [6, 6.07) is 21.6. The number of hydrogen-bond acceptors (Lipinski definition) is 6. The fourth-order valence-electron chi connectivity index (χ4n) is 3.18. The molecule has 0 saturated heterocycles. The Morgan fingerprint density at radius 2 is 1.55 bits per heavy atom. The molecule has 2 heterocycles. The molecule has 2 aromatic heterocycles. The van der Waals surface area contributed by atoms with Gasteiger partial charge in [-0.15, -0.1) is 10.2 Å². The van der Waals surface area contributed by atoms with E-state index in [-0.39, 0.29) is 5.63 Å². The quantitative estimate of drug-likeness (QED) is 0.279. The average Bonchev–Trinajstić information content (AvgIpc) is 3.10. The molecule has 8 nitrogen and oxygen atoms in total. The molecule has 0 radical (unpaired) electrons. The van der Waals surface area contributed by atoms with Gasteiger partial charge in [-0.2, -0.15) is 0 Å². The van der Waals surface area contributed by atoms with Crippen molar-refractivity contribution in [2.24, 2.45) is 0 Å². The molecule has 0 bridgehead atoms. The number of aromatic amines is 2. The molecule has 0 aliphatic heterocycles. The second-order valence-corrected chi connectivity index (χ2v) is 6.95. The number of fused-ring (bicyclic) bond motifs is 4. The van der Waals surface area contributed by atoms with E-state index in [0.717, 1.165) is 27.2 Å². The molecule has 0 spiro atoms. The highest BCUT2D eigenvalue weighted by atomic mass is 35.7. The van der Waals surface area contributed by atoms with Gasteiger partial charge in [-0.25, -0.2) is 33.4 Å². The van der Waals surface area contributed by atoms with Crippen molar-refractivity contribution in [2.75, 3.05) is 0 Å². The molecule has 0 aliphatic rings. The maximum Gasteiger partial charge on any atom is 0.351 e. The second kappa shape index (κ2) is 7.28. The van der Waals surface area contributed by atoms with Crippen LogP contribution < -0.4 is 29.2 Å². The lowest BCUT2D eigenvalue weighted by Crippen LogP contribution is -2.68. The van der Waals surface area contributed by atoms with Crippen LogP contribution in [0, 0.1) is 10.2 Å². The number of halogens is 1. The molecule has 9 heteroatoms. The number of nitrogens with one attached hydrogen (secondary N) is 2. The van der Waals surface area contributed by atoms with E-state index in [1.54, 1.807) is 0 Å². The van der Waals surface area contributed by atoms with Crippen LogP contribution in [0.25, 0.3) is 44.2 Å². The predicted octanol–water partition coefficient (Wildman–Crippen LogP) is -0.847. The van der Waals surface area contributed by atoms with Gasteiger partial charge in [-0.1, -0.05) is 42.5 Å². The third-order valence-corrected chi connectivity index (χ3v) is 4.36. The predicted molar refractivity (Wildman–Crippen MR) is 93.8 cm³/mol. The minimum atomic E-state index is -4.94. The van der Waals surface area contributed by atoms with Gasteiger partial charge in [0, 0.05) is 5.39 Å². The molecule has 0 fully saturated rings. The summed E-state index contributed by atoms with van der Waals surface area (Å²) >= 11 is 0. The molecule has 2 N–H and O–H groups in total. The van der Waals surface area contributed by atoms with Crippen molar-refractivity contribution in [3.63, 3.8) is 0 Å². The van der Waals surface area contributed by atoms with E-state index in [4.69, 9.17) is 23.1 Å². The number of aromatic nitrogens is 2. The van der Waals surface area contributed by atoms with Crippen molar-refractivity contribution in [3.05, 3.63) is 77.2 Å². The average molecular weight is 413 g/mol. The molecule has 0 atom stereocenters. The minimum Gasteiger partial charge on any atom is -0.422 e. The molecule has 29 heavy (non-hydrogen) atoms. The van der Waals surface area contributed by atoms with Crippen LogP contribution >= 0.6 is 0 Å². The number of hydrogen-bond donors (Lipinski definition) is 1. The first-order valence-corrected chi connectivity index (χ1v) is 9.61. The lowest BCUT2D eigenvalue weighted by molar-refractivity contribution is -2.00. The van der Waals surface area contributed by atoms with Crippen LogP contribution in [0.1, 0.15) is 0 Å². The summed E-state index contributed by atoms with van der Waals surface area (Å²) in [4.78, 5) is 18.9. The second-order valence-electron chi connectivity index (χ2n) is 6.19. The number of benzene rings is 3. The highest BCUT2D eigenvalue weighted by molar-refractivity contribution is 6.06. The number of imidazole rings is 1. The summed E-state index contributed by atoms with van der Waals surface area (Å²) in [5.74, 6) is 0.653. The van der Waals surface area contributed by atoms with E-state index in [9.17, 15) is 4.79 Å². The SMILES string of the molecule is O=c1oc2ccc3ccccc3c2cc1-c1[nH]c2ccccc2[nH+]1.[O-][Cl+3]([O-])([O-])[O-]. The summed E-state index contributed by atoms with van der Waals surface area (Å²) in [5, 5.41) is 3.11. The molecule has 5 aromatic rings. The molecule has 0 unspecified atom stereocenters. The molecule has 0 aliphatic carbocycles. The fourth-order valence-corrected chi connectivity index (χ4v) is 3.18. The maximum absolute atomic E-state index is 12.4. The van der Waals surface area contributed by atoms with Gasteiger partial charge in [0.1, 0.15) is 11.1 Å². The maximum atomic E-state index is 12.4. The normalized spacial score (nSPS) is 11.6. The van der Waals surface area contributed by atoms with Gasteiger partial charge in [0.25, 0.3) is 5.82 Å². The summed E-state index contributed by atoms with van der Waals surface area (Å²) in [6.07, 6.45) is 0. The standard InChI is InChI=1S/C20H12N2O2.ClHO4/c23-20-15(19-21-16-7-3-4-8-17(16)22-19)11-14-13-6-2-1-5-12(13)9-10-18(14)24-20;2-1(3,4)5/h1-11H,(H,21,22);(H,2,3,4,5). The van der Waals surface area contributed by atoms with Crippen LogP contribution in [0.15, 0.2) is 75.9 Å². The number of rotatable bonds is 1. The Kier molecular flexibility index (Phi) is 4.79. The Bertz CT molecular complexity index is 1350. The monoisotopic (exact) mass is 412 g/mol. The molecule has 146 valence electrons. The summed E-state index contributed by atoms with van der Waals surface area (Å²) in [6.45, 7) is 0. The first kappa shape index (κ1) is 19.1. The van der Waals surface area contributed by atoms with Gasteiger partial charge < -0.3 is 4.42 Å². The van der Waals surface area contributed by atoms with Gasteiger partial charge in [-0.3, -0.25) is 0 Å². The van der Waals surface area contributed by atoms with Gasteiger partial charge in [-0.05, 0) is 35.0 Å². The van der Waals surface area contributed by atoms with Crippen molar-refractivity contribution in [2.45, 2.75) is 0 Å². The first-order chi connectivity index (χ1) is 13.8. The molecular formula is C20H13ClN2O6. The van der Waals surface area contributed by atoms with Crippen LogP contribution in [0.5, 0.6) is 0 Å². The number of H-pyrrole nitrogens is 2. The summed E-state index contributed by atoms with van der Waals surface area (Å²) in [7, 11) is -4.94. The number of para-hydroxylation sites is 2. The third-order valence-electron chi connectivity index (χ3n) is 4.36. The minimum absolute atomic E-state index is 0.361. The largest absolute Gasteiger partial charge is 0.422 e. The first-order valence-electron chi connectivity index (χ1n) is 8.37. The fraction of sp³-hybridized carbons (Fsp3) is 0. The Morgan fingerprint density at radius 3 is 2.31 bits per heavy atom. The summed E-state index contributed by atoms with van der Waals surface area (Å²) in [5.41, 5.74) is 2.63. The zero-order chi connectivity index (χ0) is 20.6. The highest BCUT2D eigenvalue weighted by Gasteiger charge is 2.18. The third kappa shape index (κ3) is 4.11. The molecule has 0 amide bonds. The van der Waals surface area contributed by atoms with E-state index < -0.39 is 10.2 Å². The van der Waals surface area contributed by atoms with Crippen molar-refractivity contribution in [1.29, 1.82) is 0 Å². The Morgan fingerprint density at radius 1 is 0.862 bits per heavy atom. The van der Waals surface area contributed by atoms with E-state index in [2.05, 4.69) is 16.0 Å². The van der Waals surface area contributed by atoms with E-state index >= 15 is 0 Å². The Labute approximate surface area is 165 Å². The van der Waals surface area contributed by atoms with Crippen molar-refractivity contribution >= 4 is 32.8 Å². The van der Waals surface area contributed by atoms with Gasteiger partial charge in [0.2, 0.25) is 0 Å². The molecule has 5 rings (SSSR count). The van der Waals surface area contributed by atoms with E-state index in [0.29, 0.717) is 17.0 Å². The lowest BCUT2D eigenvalue weighted by Gasteiger charge is -2.17. The van der Waals surface area contributed by atoms with E-state index in [1.807, 2.05) is 60.7 Å². The van der Waals surface area contributed by atoms with Crippen LogP contribution in [-0.4, -0.2) is 4.98 Å². The van der Waals surface area contributed by atoms with Crippen molar-refractivity contribution in [1.82, 2.24) is 4.98 Å². The molecule has 3 aromatic carbocycles. The van der Waals surface area contributed by atoms with Crippen LogP contribution in [-0.2, 0) is 0 Å². The summed E-state index contributed by atoms with van der Waals surface area (Å²) < 4.78 is 39.5. The molecule has 0 saturated carbocycles. The van der Waals surface area contributed by atoms with Crippen LogP contribution in [0.2, 0.25) is 0 Å². The van der Waals surface area contributed by atoms with Crippen molar-refractivity contribution < 1.29 is 38.3 Å². The zero-order valence-corrected chi connectivity index (χ0v) is 15.4. The highest BCUT2D eigenvalue weighted by Crippen LogP contribution is 2.27. The van der Waals surface area contributed by atoms with Gasteiger partial charge in [0.05, 0.1) is 0 Å². The van der Waals surface area contributed by atoms with Crippen LogP contribution in [0.4, 0.5) is 0 Å². The van der Waals surface area contributed by atoms with E-state index in [1.165, 1.54) is 0 Å². The van der Waals surface area contributed by atoms with Gasteiger partial charge >= 0.3 is 5.63 Å².